The highest BCUT2D eigenvalue weighted by molar-refractivity contribution is 7.11. The molecule has 4 rings (SSSR count). The number of hydrogen-bond donors (Lipinski definition) is 1. The molecule has 0 spiro atoms. The zero-order valence-corrected chi connectivity index (χ0v) is 17.7. The molecule has 1 N–H and O–H groups in total. The number of ether oxygens (including phenoxy) is 1. The lowest BCUT2D eigenvalue weighted by atomic mass is 9.53. The van der Waals surface area contributed by atoms with Crippen LogP contribution in [-0.2, 0) is 16.0 Å². The predicted octanol–water partition coefficient (Wildman–Crippen LogP) is 3.00. The Labute approximate surface area is 166 Å². The summed E-state index contributed by atoms with van der Waals surface area (Å²) in [6.45, 7) is 11.2. The second-order valence-corrected chi connectivity index (χ2v) is 10.4. The van der Waals surface area contributed by atoms with Crippen molar-refractivity contribution >= 4 is 17.2 Å². The Hall–Kier alpha value is -0.980. The van der Waals surface area contributed by atoms with Gasteiger partial charge in [0.15, 0.2) is 0 Å². The molecule has 1 saturated carbocycles. The summed E-state index contributed by atoms with van der Waals surface area (Å²) >= 11 is 1.81. The number of hydrogen-bond acceptors (Lipinski definition) is 5. The molecule has 1 saturated heterocycles. The van der Waals surface area contributed by atoms with Crippen LogP contribution in [0.3, 0.4) is 0 Å². The number of aromatic nitrogens is 1. The van der Waals surface area contributed by atoms with Gasteiger partial charge in [0, 0.05) is 29.8 Å². The molecule has 2 heterocycles. The maximum Gasteiger partial charge on any atom is 0.225 e. The summed E-state index contributed by atoms with van der Waals surface area (Å²) in [5.41, 5.74) is 1.29. The molecule has 2 fully saturated rings. The Bertz CT molecular complexity index is 714. The Morgan fingerprint density at radius 3 is 2.81 bits per heavy atom. The van der Waals surface area contributed by atoms with Gasteiger partial charge in [-0.25, -0.2) is 4.98 Å². The van der Waals surface area contributed by atoms with E-state index in [2.05, 4.69) is 20.8 Å². The molecule has 3 aliphatic rings. The molecule has 0 radical (unpaired) electrons. The average molecular weight is 393 g/mol. The minimum atomic E-state index is -0.450. The monoisotopic (exact) mass is 392 g/mol. The summed E-state index contributed by atoms with van der Waals surface area (Å²) in [6.07, 6.45) is 2.55. The number of carbonyl (C=O) groups is 1. The molecule has 6 atom stereocenters. The highest BCUT2D eigenvalue weighted by atomic mass is 32.1. The summed E-state index contributed by atoms with van der Waals surface area (Å²) in [7, 11) is 0. The molecule has 6 heteroatoms. The SMILES string of the molecule is Cc1nc2c(s1)C[C@@]1(C)CC[C@@H]([C@H](C)C(=O)N3CCOCC3)[C@H](O)[C@H]1[C@@H]2C. The fraction of sp³-hybridized carbons (Fsp3) is 0.810. The van der Waals surface area contributed by atoms with E-state index in [0.717, 1.165) is 24.3 Å². The van der Waals surface area contributed by atoms with Crippen molar-refractivity contribution in [3.8, 4) is 0 Å². The normalized spacial score (nSPS) is 37.4. The highest BCUT2D eigenvalue weighted by Gasteiger charge is 2.54. The first-order valence-corrected chi connectivity index (χ1v) is 11.1. The fourth-order valence-corrected chi connectivity index (χ4v) is 7.16. The molecule has 0 aromatic carbocycles. The van der Waals surface area contributed by atoms with E-state index < -0.39 is 6.10 Å². The Kier molecular flexibility index (Phi) is 5.10. The minimum Gasteiger partial charge on any atom is -0.392 e. The molecule has 1 aromatic rings. The third-order valence-electron chi connectivity index (χ3n) is 7.38. The molecule has 1 amide bonds. The van der Waals surface area contributed by atoms with E-state index in [1.807, 2.05) is 23.2 Å². The second-order valence-electron chi connectivity index (χ2n) is 9.11. The van der Waals surface area contributed by atoms with Crippen LogP contribution in [0.2, 0.25) is 0 Å². The van der Waals surface area contributed by atoms with Crippen molar-refractivity contribution in [1.82, 2.24) is 9.88 Å². The summed E-state index contributed by atoms with van der Waals surface area (Å²) < 4.78 is 5.38. The topological polar surface area (TPSA) is 62.7 Å². The van der Waals surface area contributed by atoms with Crippen molar-refractivity contribution in [1.29, 1.82) is 0 Å². The van der Waals surface area contributed by atoms with Gasteiger partial charge in [-0.1, -0.05) is 20.8 Å². The van der Waals surface area contributed by atoms with Gasteiger partial charge >= 0.3 is 0 Å². The van der Waals surface area contributed by atoms with Crippen molar-refractivity contribution in [2.24, 2.45) is 23.2 Å². The van der Waals surface area contributed by atoms with Gasteiger partial charge in [0.2, 0.25) is 5.91 Å². The van der Waals surface area contributed by atoms with Crippen LogP contribution in [0.15, 0.2) is 0 Å². The minimum absolute atomic E-state index is 0.0298. The van der Waals surface area contributed by atoms with Gasteiger partial charge in [0.25, 0.3) is 0 Å². The summed E-state index contributed by atoms with van der Waals surface area (Å²) in [6, 6.07) is 0. The molecule has 1 aromatic heterocycles. The number of rotatable bonds is 2. The van der Waals surface area contributed by atoms with E-state index in [4.69, 9.17) is 9.72 Å². The van der Waals surface area contributed by atoms with Gasteiger partial charge in [0.1, 0.15) is 0 Å². The van der Waals surface area contributed by atoms with Gasteiger partial charge in [-0.2, -0.15) is 0 Å². The molecule has 5 nitrogen and oxygen atoms in total. The summed E-state index contributed by atoms with van der Waals surface area (Å²) in [5, 5.41) is 12.6. The van der Waals surface area contributed by atoms with Crippen molar-refractivity contribution < 1.29 is 14.6 Å². The first kappa shape index (κ1) is 19.3. The quantitative estimate of drug-likeness (QED) is 0.840. The molecule has 27 heavy (non-hydrogen) atoms. The molecular weight excluding hydrogens is 360 g/mol. The maximum atomic E-state index is 13.0. The van der Waals surface area contributed by atoms with Crippen LogP contribution in [0.25, 0.3) is 0 Å². The van der Waals surface area contributed by atoms with Gasteiger partial charge in [-0.15, -0.1) is 11.3 Å². The number of morpholine rings is 1. The first-order chi connectivity index (χ1) is 12.8. The first-order valence-electron chi connectivity index (χ1n) is 10.3. The van der Waals surface area contributed by atoms with E-state index in [9.17, 15) is 9.90 Å². The number of amides is 1. The van der Waals surface area contributed by atoms with Gasteiger partial charge in [-0.05, 0) is 43.4 Å². The Balaban J connectivity index is 1.56. The number of carbonyl (C=O) groups excluding carboxylic acids is 1. The van der Waals surface area contributed by atoms with E-state index >= 15 is 0 Å². The number of nitrogens with zero attached hydrogens (tertiary/aromatic N) is 2. The van der Waals surface area contributed by atoms with E-state index in [-0.39, 0.29) is 35.0 Å². The van der Waals surface area contributed by atoms with Crippen LogP contribution >= 0.6 is 11.3 Å². The van der Waals surface area contributed by atoms with Crippen LogP contribution in [0.1, 0.15) is 55.1 Å². The van der Waals surface area contributed by atoms with Crippen LogP contribution in [0.4, 0.5) is 0 Å². The number of aliphatic hydroxyl groups is 1. The lowest BCUT2D eigenvalue weighted by molar-refractivity contribution is -0.148. The number of aryl methyl sites for hydroxylation is 1. The number of thiazole rings is 1. The number of aliphatic hydroxyl groups excluding tert-OH is 1. The third-order valence-corrected chi connectivity index (χ3v) is 8.37. The van der Waals surface area contributed by atoms with Crippen molar-refractivity contribution in [2.45, 2.75) is 59.0 Å². The van der Waals surface area contributed by atoms with Crippen molar-refractivity contribution in [3.63, 3.8) is 0 Å². The van der Waals surface area contributed by atoms with Crippen molar-refractivity contribution in [3.05, 3.63) is 15.6 Å². The largest absolute Gasteiger partial charge is 0.392 e. The van der Waals surface area contributed by atoms with Gasteiger partial charge in [0.05, 0.1) is 30.0 Å². The van der Waals surface area contributed by atoms with Gasteiger partial charge < -0.3 is 14.7 Å². The fourth-order valence-electron chi connectivity index (χ4n) is 5.92. The van der Waals surface area contributed by atoms with Crippen LogP contribution in [-0.4, -0.2) is 53.3 Å². The maximum absolute atomic E-state index is 13.0. The average Bonchev–Trinajstić information content (AvgIpc) is 3.01. The van der Waals surface area contributed by atoms with Gasteiger partial charge in [-0.3, -0.25) is 4.79 Å². The molecule has 150 valence electrons. The highest BCUT2D eigenvalue weighted by Crippen LogP contribution is 2.57. The lowest BCUT2D eigenvalue weighted by Gasteiger charge is -2.53. The lowest BCUT2D eigenvalue weighted by Crippen LogP contribution is -2.54. The standard InChI is InChI=1S/C21H32N2O3S/c1-12(20(25)23-7-9-26-10-8-23)15-5-6-21(4)11-16-18(22-14(3)27-16)13(2)17(21)19(15)24/h12-13,15,17,19,24H,5-11H2,1-4H3/t12-,13-,15-,17+,19-,21+/m0/s1. The molecule has 2 aliphatic carbocycles. The van der Waals surface area contributed by atoms with Crippen LogP contribution in [0, 0.1) is 30.1 Å². The zero-order valence-electron chi connectivity index (χ0n) is 16.9. The summed E-state index contributed by atoms with van der Waals surface area (Å²) in [5.74, 6) is 0.479. The van der Waals surface area contributed by atoms with E-state index in [0.29, 0.717) is 26.3 Å². The third kappa shape index (κ3) is 3.23. The Morgan fingerprint density at radius 2 is 2.11 bits per heavy atom. The summed E-state index contributed by atoms with van der Waals surface area (Å²) in [4.78, 5) is 21.1. The van der Waals surface area contributed by atoms with E-state index in [1.54, 1.807) is 0 Å². The van der Waals surface area contributed by atoms with Crippen molar-refractivity contribution in [2.75, 3.05) is 26.3 Å². The number of fused-ring (bicyclic) bond motifs is 2. The molecular formula is C21H32N2O3S. The predicted molar refractivity (Wildman–Crippen MR) is 106 cm³/mol. The molecule has 1 aliphatic heterocycles. The Morgan fingerprint density at radius 1 is 1.41 bits per heavy atom. The smallest absolute Gasteiger partial charge is 0.225 e. The zero-order chi connectivity index (χ0) is 19.3. The second kappa shape index (κ2) is 7.12. The van der Waals surface area contributed by atoms with Crippen LogP contribution in [0.5, 0.6) is 0 Å². The van der Waals surface area contributed by atoms with Crippen LogP contribution < -0.4 is 0 Å². The molecule has 0 unspecified atom stereocenters. The van der Waals surface area contributed by atoms with E-state index in [1.165, 1.54) is 10.6 Å². The molecule has 0 bridgehead atoms.